The number of carboxylic acids is 1. The van der Waals surface area contributed by atoms with Crippen LogP contribution < -0.4 is 4.90 Å². The SMILES string of the molecule is CN1C(=O)Cc2cc(/C=C/CC(=O)O)ccc21. The van der Waals surface area contributed by atoms with Crippen LogP contribution in [0.15, 0.2) is 24.3 Å². The van der Waals surface area contributed by atoms with Crippen molar-refractivity contribution in [1.82, 2.24) is 0 Å². The highest BCUT2D eigenvalue weighted by atomic mass is 16.4. The molecule has 0 fully saturated rings. The molecule has 2 rings (SSSR count). The lowest BCUT2D eigenvalue weighted by atomic mass is 10.1. The zero-order valence-electron chi connectivity index (χ0n) is 9.51. The maximum Gasteiger partial charge on any atom is 0.307 e. The summed E-state index contributed by atoms with van der Waals surface area (Å²) in [6.07, 6.45) is 3.80. The first-order valence-corrected chi connectivity index (χ1v) is 5.36. The zero-order valence-corrected chi connectivity index (χ0v) is 9.51. The summed E-state index contributed by atoms with van der Waals surface area (Å²) in [6, 6.07) is 5.70. The molecule has 0 unspecified atom stereocenters. The molecule has 0 saturated carbocycles. The lowest BCUT2D eigenvalue weighted by Gasteiger charge is -2.09. The van der Waals surface area contributed by atoms with Gasteiger partial charge < -0.3 is 10.0 Å². The molecule has 1 aromatic rings. The van der Waals surface area contributed by atoms with Crippen LogP contribution in [0.25, 0.3) is 6.08 Å². The number of likely N-dealkylation sites (N-methyl/N-ethyl adjacent to an activating group) is 1. The summed E-state index contributed by atoms with van der Waals surface area (Å²) in [7, 11) is 1.76. The predicted octanol–water partition coefficient (Wildman–Crippen LogP) is 1.69. The second-order valence-corrected chi connectivity index (χ2v) is 4.02. The number of hydrogen-bond acceptors (Lipinski definition) is 2. The van der Waals surface area contributed by atoms with E-state index in [1.165, 1.54) is 0 Å². The highest BCUT2D eigenvalue weighted by Gasteiger charge is 2.23. The number of carboxylic acid groups (broad SMARTS) is 1. The van der Waals surface area contributed by atoms with Crippen LogP contribution in [0.5, 0.6) is 0 Å². The molecule has 0 bridgehead atoms. The van der Waals surface area contributed by atoms with Gasteiger partial charge in [-0.2, -0.15) is 0 Å². The Hall–Kier alpha value is -2.10. The molecule has 1 heterocycles. The number of carbonyl (C=O) groups is 2. The Morgan fingerprint density at radius 2 is 2.29 bits per heavy atom. The maximum absolute atomic E-state index is 11.5. The first-order chi connectivity index (χ1) is 8.08. The molecular formula is C13H13NO3. The molecule has 1 aliphatic heterocycles. The van der Waals surface area contributed by atoms with Crippen LogP contribution in [0.1, 0.15) is 17.5 Å². The molecule has 1 aromatic carbocycles. The molecule has 88 valence electrons. The van der Waals surface area contributed by atoms with Gasteiger partial charge in [0, 0.05) is 12.7 Å². The Labute approximate surface area is 99.2 Å². The number of hydrogen-bond donors (Lipinski definition) is 1. The third-order valence-corrected chi connectivity index (χ3v) is 2.78. The maximum atomic E-state index is 11.5. The molecule has 1 N–H and O–H groups in total. The van der Waals surface area contributed by atoms with Crippen molar-refractivity contribution in [3.05, 3.63) is 35.4 Å². The van der Waals surface area contributed by atoms with E-state index in [9.17, 15) is 9.59 Å². The molecule has 0 saturated heterocycles. The largest absolute Gasteiger partial charge is 0.481 e. The van der Waals surface area contributed by atoms with Gasteiger partial charge in [-0.25, -0.2) is 0 Å². The molecule has 1 amide bonds. The lowest BCUT2D eigenvalue weighted by molar-refractivity contribution is -0.136. The van der Waals surface area contributed by atoms with E-state index in [-0.39, 0.29) is 12.3 Å². The fourth-order valence-corrected chi connectivity index (χ4v) is 1.89. The molecule has 4 heteroatoms. The van der Waals surface area contributed by atoms with Crippen LogP contribution in [0.4, 0.5) is 5.69 Å². The normalized spacial score (nSPS) is 14.4. The van der Waals surface area contributed by atoms with Crippen molar-refractivity contribution < 1.29 is 14.7 Å². The van der Waals surface area contributed by atoms with Crippen molar-refractivity contribution in [3.63, 3.8) is 0 Å². The minimum atomic E-state index is -0.850. The summed E-state index contributed by atoms with van der Waals surface area (Å²) >= 11 is 0. The Kier molecular flexibility index (Phi) is 2.95. The van der Waals surface area contributed by atoms with Crippen molar-refractivity contribution in [2.24, 2.45) is 0 Å². The van der Waals surface area contributed by atoms with Crippen LogP contribution in [-0.4, -0.2) is 24.0 Å². The molecule has 4 nitrogen and oxygen atoms in total. The van der Waals surface area contributed by atoms with Gasteiger partial charge in [0.25, 0.3) is 0 Å². The second kappa shape index (κ2) is 4.41. The molecule has 0 atom stereocenters. The summed E-state index contributed by atoms with van der Waals surface area (Å²) in [4.78, 5) is 23.5. The van der Waals surface area contributed by atoms with Gasteiger partial charge in [-0.3, -0.25) is 9.59 Å². The molecule has 0 spiro atoms. The summed E-state index contributed by atoms with van der Waals surface area (Å²) in [5.74, 6) is -0.760. The van der Waals surface area contributed by atoms with Crippen LogP contribution in [0.2, 0.25) is 0 Å². The van der Waals surface area contributed by atoms with Gasteiger partial charge in [0.1, 0.15) is 0 Å². The number of carbonyl (C=O) groups excluding carboxylic acids is 1. The van der Waals surface area contributed by atoms with Gasteiger partial charge in [0.2, 0.25) is 5.91 Å². The van der Waals surface area contributed by atoms with E-state index >= 15 is 0 Å². The highest BCUT2D eigenvalue weighted by Crippen LogP contribution is 2.28. The molecule has 1 aliphatic rings. The van der Waals surface area contributed by atoms with Gasteiger partial charge in [-0.05, 0) is 23.3 Å². The van der Waals surface area contributed by atoms with Crippen molar-refractivity contribution in [2.75, 3.05) is 11.9 Å². The number of amides is 1. The molecule has 0 aromatic heterocycles. The Morgan fingerprint density at radius 1 is 1.53 bits per heavy atom. The standard InChI is InChI=1S/C13H13NO3/c1-14-11-6-5-9(3-2-4-13(16)17)7-10(11)8-12(14)15/h2-3,5-7H,4,8H2,1H3,(H,16,17)/b3-2+. The zero-order chi connectivity index (χ0) is 12.4. The lowest BCUT2D eigenvalue weighted by Crippen LogP contribution is -2.20. The average Bonchev–Trinajstić information content (AvgIpc) is 2.54. The smallest absolute Gasteiger partial charge is 0.307 e. The minimum Gasteiger partial charge on any atom is -0.481 e. The van der Waals surface area contributed by atoms with Gasteiger partial charge >= 0.3 is 5.97 Å². The van der Waals surface area contributed by atoms with Gasteiger partial charge in [-0.15, -0.1) is 0 Å². The predicted molar refractivity (Wildman–Crippen MR) is 64.8 cm³/mol. The summed E-state index contributed by atoms with van der Waals surface area (Å²) in [6.45, 7) is 0. The van der Waals surface area contributed by atoms with Crippen LogP contribution in [0, 0.1) is 0 Å². The number of anilines is 1. The molecule has 17 heavy (non-hydrogen) atoms. The van der Waals surface area contributed by atoms with Crippen molar-refractivity contribution in [2.45, 2.75) is 12.8 Å². The van der Waals surface area contributed by atoms with Crippen molar-refractivity contribution in [1.29, 1.82) is 0 Å². The third kappa shape index (κ3) is 2.36. The first kappa shape index (κ1) is 11.4. The third-order valence-electron chi connectivity index (χ3n) is 2.78. The van der Waals surface area contributed by atoms with E-state index in [0.29, 0.717) is 6.42 Å². The topological polar surface area (TPSA) is 57.6 Å². The molecular weight excluding hydrogens is 218 g/mol. The van der Waals surface area contributed by atoms with Gasteiger partial charge in [-0.1, -0.05) is 18.2 Å². The van der Waals surface area contributed by atoms with E-state index in [1.807, 2.05) is 18.2 Å². The van der Waals surface area contributed by atoms with Gasteiger partial charge in [0.15, 0.2) is 0 Å². The fourth-order valence-electron chi connectivity index (χ4n) is 1.89. The fraction of sp³-hybridized carbons (Fsp3) is 0.231. The number of nitrogens with zero attached hydrogens (tertiary/aromatic N) is 1. The Bertz CT molecular complexity index is 505. The van der Waals surface area contributed by atoms with Crippen molar-refractivity contribution in [3.8, 4) is 0 Å². The molecule has 0 radical (unpaired) electrons. The monoisotopic (exact) mass is 231 g/mol. The van der Waals surface area contributed by atoms with E-state index in [2.05, 4.69) is 0 Å². The number of rotatable bonds is 3. The van der Waals surface area contributed by atoms with Crippen LogP contribution in [0.3, 0.4) is 0 Å². The quantitative estimate of drug-likeness (QED) is 0.861. The minimum absolute atomic E-state index is 0.00984. The van der Waals surface area contributed by atoms with Crippen LogP contribution >= 0.6 is 0 Å². The Morgan fingerprint density at radius 3 is 3.00 bits per heavy atom. The van der Waals surface area contributed by atoms with E-state index < -0.39 is 5.97 Å². The number of benzene rings is 1. The first-order valence-electron chi connectivity index (χ1n) is 5.36. The van der Waals surface area contributed by atoms with Gasteiger partial charge in [0.05, 0.1) is 12.8 Å². The summed E-state index contributed by atoms with van der Waals surface area (Å²) < 4.78 is 0. The van der Waals surface area contributed by atoms with E-state index in [0.717, 1.165) is 16.8 Å². The van der Waals surface area contributed by atoms with Crippen molar-refractivity contribution >= 4 is 23.6 Å². The second-order valence-electron chi connectivity index (χ2n) is 4.02. The Balaban J connectivity index is 2.19. The number of fused-ring (bicyclic) bond motifs is 1. The number of aliphatic carboxylic acids is 1. The summed E-state index contributed by atoms with van der Waals surface area (Å²) in [5.41, 5.74) is 2.86. The highest BCUT2D eigenvalue weighted by molar-refractivity contribution is 6.01. The average molecular weight is 231 g/mol. The van der Waals surface area contributed by atoms with E-state index in [4.69, 9.17) is 5.11 Å². The molecule has 0 aliphatic carbocycles. The van der Waals surface area contributed by atoms with Crippen LogP contribution in [-0.2, 0) is 16.0 Å². The van der Waals surface area contributed by atoms with E-state index in [1.54, 1.807) is 24.1 Å². The summed E-state index contributed by atoms with van der Waals surface area (Å²) in [5, 5.41) is 8.51.